The van der Waals surface area contributed by atoms with Crippen molar-refractivity contribution in [2.75, 3.05) is 13.7 Å². The number of ether oxygens (including phenoxy) is 1. The van der Waals surface area contributed by atoms with Crippen molar-refractivity contribution in [1.29, 1.82) is 0 Å². The number of aliphatic carboxylic acids is 1. The molecule has 0 aliphatic rings. The maximum atomic E-state index is 11.3. The van der Waals surface area contributed by atoms with Crippen LogP contribution in [0, 0.1) is 0 Å². The van der Waals surface area contributed by atoms with Gasteiger partial charge in [-0.05, 0) is 6.42 Å². The standard InChI is InChI=1S/C10H17N3O6/c1-19-8(15)4-5-12-10(18)13-6(9(16)17)2-3-7(11)14/h6H,2-5H2,1H3,(H2,11,14)(H,16,17)(H2,12,13,18). The number of methoxy groups -OCH3 is 1. The lowest BCUT2D eigenvalue weighted by molar-refractivity contribution is -0.141. The Hall–Kier alpha value is -2.32. The molecule has 19 heavy (non-hydrogen) atoms. The highest BCUT2D eigenvalue weighted by Crippen LogP contribution is 1.97. The lowest BCUT2D eigenvalue weighted by atomic mass is 10.1. The minimum Gasteiger partial charge on any atom is -0.480 e. The van der Waals surface area contributed by atoms with Crippen LogP contribution in [0.3, 0.4) is 0 Å². The third-order valence-corrected chi connectivity index (χ3v) is 2.13. The number of nitrogens with one attached hydrogen (secondary N) is 2. The van der Waals surface area contributed by atoms with E-state index in [0.29, 0.717) is 0 Å². The number of hydrogen-bond donors (Lipinski definition) is 4. The van der Waals surface area contributed by atoms with E-state index < -0.39 is 29.9 Å². The van der Waals surface area contributed by atoms with E-state index in [2.05, 4.69) is 15.4 Å². The highest BCUT2D eigenvalue weighted by atomic mass is 16.5. The Morgan fingerprint density at radius 1 is 1.26 bits per heavy atom. The molecular weight excluding hydrogens is 258 g/mol. The van der Waals surface area contributed by atoms with Crippen molar-refractivity contribution >= 4 is 23.9 Å². The van der Waals surface area contributed by atoms with Gasteiger partial charge in [0.1, 0.15) is 6.04 Å². The molecule has 0 saturated carbocycles. The quantitative estimate of drug-likeness (QED) is 0.399. The Morgan fingerprint density at radius 3 is 2.37 bits per heavy atom. The Balaban J connectivity index is 4.06. The number of hydrogen-bond acceptors (Lipinski definition) is 5. The second kappa shape index (κ2) is 8.72. The summed E-state index contributed by atoms with van der Waals surface area (Å²) in [6, 6.07) is -1.97. The molecule has 0 radical (unpaired) electrons. The Labute approximate surface area is 109 Å². The molecule has 1 atom stereocenters. The first-order valence-corrected chi connectivity index (χ1v) is 5.49. The number of nitrogens with two attached hydrogens (primary N) is 1. The molecule has 108 valence electrons. The first-order chi connectivity index (χ1) is 8.86. The molecule has 0 rings (SSSR count). The molecule has 0 aromatic carbocycles. The van der Waals surface area contributed by atoms with E-state index in [4.69, 9.17) is 10.8 Å². The number of carboxylic acid groups (broad SMARTS) is 1. The molecule has 1 unspecified atom stereocenters. The zero-order valence-electron chi connectivity index (χ0n) is 10.5. The van der Waals surface area contributed by atoms with Gasteiger partial charge in [-0.1, -0.05) is 0 Å². The van der Waals surface area contributed by atoms with Crippen LogP contribution in [-0.2, 0) is 19.1 Å². The molecule has 5 N–H and O–H groups in total. The molecule has 0 fully saturated rings. The Bertz CT molecular complexity index is 357. The molecule has 9 heteroatoms. The lowest BCUT2D eigenvalue weighted by Gasteiger charge is -2.14. The van der Waals surface area contributed by atoms with Crippen LogP contribution in [-0.4, -0.2) is 48.7 Å². The van der Waals surface area contributed by atoms with Crippen molar-refractivity contribution in [1.82, 2.24) is 10.6 Å². The first kappa shape index (κ1) is 16.7. The fourth-order valence-electron chi connectivity index (χ4n) is 1.13. The maximum absolute atomic E-state index is 11.3. The van der Waals surface area contributed by atoms with E-state index in [1.54, 1.807) is 0 Å². The Kier molecular flexibility index (Phi) is 7.66. The van der Waals surface area contributed by atoms with Crippen LogP contribution >= 0.6 is 0 Å². The number of esters is 1. The smallest absolute Gasteiger partial charge is 0.326 e. The van der Waals surface area contributed by atoms with E-state index in [1.807, 2.05) is 0 Å². The van der Waals surface area contributed by atoms with Crippen LogP contribution < -0.4 is 16.4 Å². The monoisotopic (exact) mass is 275 g/mol. The van der Waals surface area contributed by atoms with Gasteiger partial charge >= 0.3 is 18.0 Å². The van der Waals surface area contributed by atoms with E-state index in [0.717, 1.165) is 0 Å². The third kappa shape index (κ3) is 8.41. The van der Waals surface area contributed by atoms with Gasteiger partial charge in [0.25, 0.3) is 0 Å². The van der Waals surface area contributed by atoms with Gasteiger partial charge in [0.15, 0.2) is 0 Å². The van der Waals surface area contributed by atoms with E-state index in [1.165, 1.54) is 7.11 Å². The summed E-state index contributed by atoms with van der Waals surface area (Å²) in [7, 11) is 1.21. The molecule has 0 bridgehead atoms. The summed E-state index contributed by atoms with van der Waals surface area (Å²) in [5, 5.41) is 13.3. The molecular formula is C10H17N3O6. The zero-order chi connectivity index (χ0) is 14.8. The molecule has 0 aromatic heterocycles. The van der Waals surface area contributed by atoms with Crippen molar-refractivity contribution in [2.24, 2.45) is 5.73 Å². The van der Waals surface area contributed by atoms with Crippen molar-refractivity contribution in [3.05, 3.63) is 0 Å². The summed E-state index contributed by atoms with van der Waals surface area (Å²) in [4.78, 5) is 43.4. The number of rotatable bonds is 8. The predicted octanol–water partition coefficient (Wildman–Crippen LogP) is -1.43. The SMILES string of the molecule is COC(=O)CCNC(=O)NC(CCC(N)=O)C(=O)O. The second-order valence-electron chi connectivity index (χ2n) is 3.62. The highest BCUT2D eigenvalue weighted by Gasteiger charge is 2.20. The maximum Gasteiger partial charge on any atom is 0.326 e. The van der Waals surface area contributed by atoms with E-state index in [9.17, 15) is 19.2 Å². The van der Waals surface area contributed by atoms with E-state index >= 15 is 0 Å². The van der Waals surface area contributed by atoms with Crippen molar-refractivity contribution < 1.29 is 29.0 Å². The fourth-order valence-corrected chi connectivity index (χ4v) is 1.13. The van der Waals surface area contributed by atoms with Gasteiger partial charge in [-0.3, -0.25) is 9.59 Å². The summed E-state index contributed by atoms with van der Waals surface area (Å²) in [5.41, 5.74) is 4.89. The molecule has 3 amide bonds. The second-order valence-corrected chi connectivity index (χ2v) is 3.62. The number of urea groups is 1. The minimum absolute atomic E-state index is 0.0145. The predicted molar refractivity (Wildman–Crippen MR) is 63.0 cm³/mol. The molecule has 0 aromatic rings. The summed E-state index contributed by atoms with van der Waals surface area (Å²) in [5.74, 6) is -2.42. The summed E-state index contributed by atoms with van der Waals surface area (Å²) in [6.07, 6.45) is -0.280. The van der Waals surface area contributed by atoms with Crippen LogP contribution in [0.5, 0.6) is 0 Å². The average molecular weight is 275 g/mol. The number of carbonyl (C=O) groups excluding carboxylic acids is 3. The molecule has 0 saturated heterocycles. The fraction of sp³-hybridized carbons (Fsp3) is 0.600. The zero-order valence-corrected chi connectivity index (χ0v) is 10.5. The van der Waals surface area contributed by atoms with Crippen LogP contribution in [0.4, 0.5) is 4.79 Å². The third-order valence-electron chi connectivity index (χ3n) is 2.13. The first-order valence-electron chi connectivity index (χ1n) is 5.49. The van der Waals surface area contributed by atoms with Gasteiger partial charge in [-0.25, -0.2) is 9.59 Å². The van der Waals surface area contributed by atoms with Gasteiger partial charge in [0.05, 0.1) is 13.5 Å². The molecule has 0 spiro atoms. The summed E-state index contributed by atoms with van der Waals surface area (Å²) >= 11 is 0. The summed E-state index contributed by atoms with van der Waals surface area (Å²) in [6.45, 7) is 0.0145. The van der Waals surface area contributed by atoms with Crippen LogP contribution in [0.1, 0.15) is 19.3 Å². The normalized spacial score (nSPS) is 11.2. The molecule has 9 nitrogen and oxygen atoms in total. The highest BCUT2D eigenvalue weighted by molar-refractivity contribution is 5.83. The molecule has 0 aliphatic carbocycles. The number of carbonyl (C=O) groups is 4. The van der Waals surface area contributed by atoms with Crippen molar-refractivity contribution in [3.63, 3.8) is 0 Å². The van der Waals surface area contributed by atoms with Crippen LogP contribution in [0.25, 0.3) is 0 Å². The lowest BCUT2D eigenvalue weighted by Crippen LogP contribution is -2.46. The number of primary amides is 1. The largest absolute Gasteiger partial charge is 0.480 e. The van der Waals surface area contributed by atoms with Gasteiger partial charge in [-0.2, -0.15) is 0 Å². The van der Waals surface area contributed by atoms with Crippen LogP contribution in [0.15, 0.2) is 0 Å². The molecule has 0 aliphatic heterocycles. The summed E-state index contributed by atoms with van der Waals surface area (Å²) < 4.78 is 4.36. The van der Waals surface area contributed by atoms with Gasteiger partial charge in [0, 0.05) is 13.0 Å². The minimum atomic E-state index is -1.27. The van der Waals surface area contributed by atoms with Gasteiger partial charge < -0.3 is 26.2 Å². The molecule has 0 heterocycles. The topological polar surface area (TPSA) is 148 Å². The van der Waals surface area contributed by atoms with E-state index in [-0.39, 0.29) is 25.8 Å². The van der Waals surface area contributed by atoms with Crippen molar-refractivity contribution in [3.8, 4) is 0 Å². The number of carboxylic acids is 1. The average Bonchev–Trinajstić information content (AvgIpc) is 2.33. The van der Waals surface area contributed by atoms with Gasteiger partial charge in [0.2, 0.25) is 5.91 Å². The van der Waals surface area contributed by atoms with Crippen molar-refractivity contribution in [2.45, 2.75) is 25.3 Å². The van der Waals surface area contributed by atoms with Gasteiger partial charge in [-0.15, -0.1) is 0 Å². The van der Waals surface area contributed by atoms with Crippen LogP contribution in [0.2, 0.25) is 0 Å². The number of amides is 3. The Morgan fingerprint density at radius 2 is 1.89 bits per heavy atom.